The van der Waals surface area contributed by atoms with E-state index in [1.165, 1.54) is 32.1 Å². The van der Waals surface area contributed by atoms with Gasteiger partial charge in [-0.25, -0.2) is 9.95 Å². The molecule has 0 unspecified atom stereocenters. The van der Waals surface area contributed by atoms with Crippen LogP contribution in [-0.2, 0) is 6.42 Å². The van der Waals surface area contributed by atoms with Crippen LogP contribution < -0.4 is 11.4 Å². The van der Waals surface area contributed by atoms with Gasteiger partial charge in [0.25, 0.3) is 0 Å². The summed E-state index contributed by atoms with van der Waals surface area (Å²) in [6.07, 6.45) is 7.51. The molecule has 4 aliphatic rings. The summed E-state index contributed by atoms with van der Waals surface area (Å²) in [7, 11) is 0. The van der Waals surface area contributed by atoms with Crippen LogP contribution in [0.4, 0.5) is 0 Å². The molecule has 4 bridgehead atoms. The molecule has 0 aromatic carbocycles. The van der Waals surface area contributed by atoms with Gasteiger partial charge >= 0.3 is 5.63 Å². The van der Waals surface area contributed by atoms with Gasteiger partial charge in [-0.2, -0.15) is 0 Å². The number of nitrogens with two attached hydrogens (primary N) is 1. The molecule has 19 heavy (non-hydrogen) atoms. The Labute approximate surface area is 112 Å². The first-order chi connectivity index (χ1) is 9.26. The Morgan fingerprint density at radius 2 is 1.74 bits per heavy atom. The second-order valence-electron chi connectivity index (χ2n) is 6.88. The summed E-state index contributed by atoms with van der Waals surface area (Å²) in [4.78, 5) is 11.8. The molecule has 3 N–H and O–H groups in total. The molecule has 4 nitrogen and oxygen atoms in total. The average molecular weight is 262 g/mol. The van der Waals surface area contributed by atoms with E-state index >= 15 is 0 Å². The van der Waals surface area contributed by atoms with Crippen LogP contribution in [0.1, 0.15) is 49.3 Å². The van der Waals surface area contributed by atoms with Gasteiger partial charge in [-0.3, -0.25) is 0 Å². The number of rotatable bonds is 3. The number of nitrogens with one attached hydrogen (secondary N) is 1. The SMILES string of the molecule is NCCc1c(C2C3CC4CC(C3)CC2C4)[nH]oc1=O. The minimum Gasteiger partial charge on any atom is -0.339 e. The maximum absolute atomic E-state index is 11.8. The van der Waals surface area contributed by atoms with Crippen molar-refractivity contribution in [3.63, 3.8) is 0 Å². The fourth-order valence-corrected chi connectivity index (χ4v) is 5.38. The average Bonchev–Trinajstić information content (AvgIpc) is 2.71. The van der Waals surface area contributed by atoms with Crippen molar-refractivity contribution in [1.82, 2.24) is 5.16 Å². The van der Waals surface area contributed by atoms with Crippen LogP contribution >= 0.6 is 0 Å². The van der Waals surface area contributed by atoms with Crippen molar-refractivity contribution < 1.29 is 4.52 Å². The predicted molar refractivity (Wildman–Crippen MR) is 71.9 cm³/mol. The highest BCUT2D eigenvalue weighted by atomic mass is 16.5. The molecule has 1 heterocycles. The van der Waals surface area contributed by atoms with Crippen LogP contribution in [0.2, 0.25) is 0 Å². The molecule has 0 aliphatic heterocycles. The highest BCUT2D eigenvalue weighted by Gasteiger charge is 2.49. The minimum atomic E-state index is -0.200. The summed E-state index contributed by atoms with van der Waals surface area (Å²) in [5, 5.41) is 2.94. The molecule has 0 amide bonds. The number of H-pyrrole nitrogens is 1. The van der Waals surface area contributed by atoms with Gasteiger partial charge in [0.15, 0.2) is 0 Å². The molecule has 0 radical (unpaired) electrons. The molecule has 4 heteroatoms. The second-order valence-corrected chi connectivity index (χ2v) is 6.88. The van der Waals surface area contributed by atoms with E-state index in [4.69, 9.17) is 10.3 Å². The van der Waals surface area contributed by atoms with E-state index in [0.29, 0.717) is 18.9 Å². The van der Waals surface area contributed by atoms with Crippen LogP contribution in [0, 0.1) is 23.7 Å². The minimum absolute atomic E-state index is 0.200. The summed E-state index contributed by atoms with van der Waals surface area (Å²) in [6.45, 7) is 0.517. The topological polar surface area (TPSA) is 72.0 Å². The van der Waals surface area contributed by atoms with Crippen molar-refractivity contribution in [2.24, 2.45) is 29.4 Å². The zero-order valence-corrected chi connectivity index (χ0v) is 11.2. The summed E-state index contributed by atoms with van der Waals surface area (Å²) in [5.41, 5.74) is 7.34. The van der Waals surface area contributed by atoms with Crippen LogP contribution in [0.15, 0.2) is 9.32 Å². The predicted octanol–water partition coefficient (Wildman–Crippen LogP) is 2.01. The summed E-state index contributed by atoms with van der Waals surface area (Å²) < 4.78 is 5.07. The quantitative estimate of drug-likeness (QED) is 0.875. The van der Waals surface area contributed by atoms with Gasteiger partial charge in [-0.05, 0) is 68.7 Å². The van der Waals surface area contributed by atoms with E-state index < -0.39 is 0 Å². The summed E-state index contributed by atoms with van der Waals surface area (Å²) in [5.74, 6) is 3.97. The summed E-state index contributed by atoms with van der Waals surface area (Å²) in [6, 6.07) is 0. The standard InChI is InChI=1S/C15H22N2O2/c16-2-1-12-14(17-19-15(12)18)13-10-4-8-3-9(6-10)7-11(13)5-8/h8-11,13,17H,1-7,16H2. The van der Waals surface area contributed by atoms with Gasteiger partial charge in [0.2, 0.25) is 0 Å². The van der Waals surface area contributed by atoms with Gasteiger partial charge in [-0.15, -0.1) is 0 Å². The monoisotopic (exact) mass is 262 g/mol. The molecular formula is C15H22N2O2. The van der Waals surface area contributed by atoms with Crippen LogP contribution in [-0.4, -0.2) is 11.7 Å². The molecule has 4 saturated carbocycles. The van der Waals surface area contributed by atoms with Gasteiger partial charge in [0.05, 0.1) is 11.3 Å². The maximum Gasteiger partial charge on any atom is 0.360 e. The van der Waals surface area contributed by atoms with E-state index in [2.05, 4.69) is 5.16 Å². The van der Waals surface area contributed by atoms with Crippen molar-refractivity contribution in [3.05, 3.63) is 21.7 Å². The Bertz CT molecular complexity index is 502. The van der Waals surface area contributed by atoms with Crippen molar-refractivity contribution in [3.8, 4) is 0 Å². The Kier molecular flexibility index (Phi) is 2.62. The molecule has 5 rings (SSSR count). The van der Waals surface area contributed by atoms with E-state index in [1.807, 2.05) is 0 Å². The highest BCUT2D eigenvalue weighted by molar-refractivity contribution is 5.24. The van der Waals surface area contributed by atoms with E-state index in [9.17, 15) is 4.79 Å². The zero-order chi connectivity index (χ0) is 13.0. The number of aromatic amines is 1. The van der Waals surface area contributed by atoms with Crippen LogP contribution in [0.3, 0.4) is 0 Å². The van der Waals surface area contributed by atoms with Gasteiger partial charge in [-0.1, -0.05) is 0 Å². The van der Waals surface area contributed by atoms with Crippen LogP contribution in [0.25, 0.3) is 0 Å². The normalized spacial score (nSPS) is 39.9. The first-order valence-electron chi connectivity index (χ1n) is 7.66. The second kappa shape index (κ2) is 4.23. The third-order valence-corrected chi connectivity index (χ3v) is 5.78. The molecule has 4 fully saturated rings. The molecule has 0 saturated heterocycles. The largest absolute Gasteiger partial charge is 0.360 e. The van der Waals surface area contributed by atoms with Crippen molar-refractivity contribution in [2.75, 3.05) is 6.54 Å². The van der Waals surface area contributed by atoms with E-state index in [0.717, 1.165) is 34.9 Å². The lowest BCUT2D eigenvalue weighted by molar-refractivity contribution is -0.00530. The smallest absolute Gasteiger partial charge is 0.339 e. The van der Waals surface area contributed by atoms with Gasteiger partial charge in [0, 0.05) is 5.92 Å². The molecule has 0 spiro atoms. The molecule has 4 aliphatic carbocycles. The fourth-order valence-electron chi connectivity index (χ4n) is 5.38. The van der Waals surface area contributed by atoms with Crippen molar-refractivity contribution >= 4 is 0 Å². The van der Waals surface area contributed by atoms with Gasteiger partial charge < -0.3 is 10.3 Å². The van der Waals surface area contributed by atoms with E-state index in [-0.39, 0.29) is 5.63 Å². The lowest BCUT2D eigenvalue weighted by Crippen LogP contribution is -2.44. The zero-order valence-electron chi connectivity index (χ0n) is 11.2. The third kappa shape index (κ3) is 1.72. The van der Waals surface area contributed by atoms with E-state index in [1.54, 1.807) is 0 Å². The fraction of sp³-hybridized carbons (Fsp3) is 0.800. The molecule has 1 aromatic heterocycles. The summed E-state index contributed by atoms with van der Waals surface area (Å²) >= 11 is 0. The molecule has 1 aromatic rings. The maximum atomic E-state index is 11.8. The Hall–Kier alpha value is -1.03. The lowest BCUT2D eigenvalue weighted by Gasteiger charge is -2.54. The van der Waals surface area contributed by atoms with Gasteiger partial charge in [0.1, 0.15) is 0 Å². The Balaban J connectivity index is 1.71. The first kappa shape index (κ1) is 11.8. The highest BCUT2D eigenvalue weighted by Crippen LogP contribution is 2.59. The number of aromatic nitrogens is 1. The van der Waals surface area contributed by atoms with Crippen molar-refractivity contribution in [2.45, 2.75) is 44.4 Å². The van der Waals surface area contributed by atoms with Crippen molar-refractivity contribution in [1.29, 1.82) is 0 Å². The molecular weight excluding hydrogens is 240 g/mol. The first-order valence-corrected chi connectivity index (χ1v) is 7.66. The number of hydrogen-bond acceptors (Lipinski definition) is 3. The third-order valence-electron chi connectivity index (χ3n) is 5.78. The Morgan fingerprint density at radius 3 is 2.32 bits per heavy atom. The molecule has 104 valence electrons. The Morgan fingerprint density at radius 1 is 1.11 bits per heavy atom. The molecule has 0 atom stereocenters. The lowest BCUT2D eigenvalue weighted by atomic mass is 9.51. The number of hydrogen-bond donors (Lipinski definition) is 2. The van der Waals surface area contributed by atoms with Crippen LogP contribution in [0.5, 0.6) is 0 Å².